The van der Waals surface area contributed by atoms with Gasteiger partial charge in [-0.3, -0.25) is 0 Å². The summed E-state index contributed by atoms with van der Waals surface area (Å²) in [5, 5.41) is 4.15. The van der Waals surface area contributed by atoms with E-state index in [9.17, 15) is 0 Å². The van der Waals surface area contributed by atoms with Crippen LogP contribution in [0.4, 0.5) is 5.69 Å². The van der Waals surface area contributed by atoms with Crippen LogP contribution in [0.25, 0.3) is 0 Å². The topological polar surface area (TPSA) is 30.5 Å². The highest BCUT2D eigenvalue weighted by atomic mass is 35.5. The third-order valence-electron chi connectivity index (χ3n) is 4.18. The van der Waals surface area contributed by atoms with Gasteiger partial charge in [0.25, 0.3) is 0 Å². The van der Waals surface area contributed by atoms with E-state index in [-0.39, 0.29) is 0 Å². The summed E-state index contributed by atoms with van der Waals surface area (Å²) < 4.78 is 10.6. The van der Waals surface area contributed by atoms with Crippen molar-refractivity contribution in [3.05, 3.63) is 29.3 Å². The number of benzene rings is 1. The first kappa shape index (κ1) is 12.7. The molecule has 1 saturated carbocycles. The normalized spacial score (nSPS) is 27.6. The fraction of sp³-hybridized carbons (Fsp3) is 0.467. The van der Waals surface area contributed by atoms with Gasteiger partial charge in [-0.25, -0.2) is 0 Å². The molecule has 0 heterocycles. The molecule has 0 aromatic heterocycles. The molecule has 2 aliphatic rings. The second-order valence-corrected chi connectivity index (χ2v) is 5.58. The Labute approximate surface area is 118 Å². The van der Waals surface area contributed by atoms with Gasteiger partial charge in [0.2, 0.25) is 0 Å². The largest absolute Gasteiger partial charge is 0.495 e. The van der Waals surface area contributed by atoms with E-state index in [0.29, 0.717) is 22.7 Å². The lowest BCUT2D eigenvalue weighted by molar-refractivity contribution is 0.217. The highest BCUT2D eigenvalue weighted by molar-refractivity contribution is 6.32. The predicted octanol–water partition coefficient (Wildman–Crippen LogP) is 3.73. The fourth-order valence-electron chi connectivity index (χ4n) is 3.06. The molecule has 0 amide bonds. The fourth-order valence-corrected chi connectivity index (χ4v) is 3.30. The van der Waals surface area contributed by atoms with E-state index in [1.165, 1.54) is 12.8 Å². The van der Waals surface area contributed by atoms with Crippen molar-refractivity contribution in [3.63, 3.8) is 0 Å². The van der Waals surface area contributed by atoms with Gasteiger partial charge < -0.3 is 14.8 Å². The monoisotopic (exact) mass is 279 g/mol. The highest BCUT2D eigenvalue weighted by Gasteiger charge is 2.41. The minimum Gasteiger partial charge on any atom is -0.495 e. The molecule has 4 heteroatoms. The molecule has 3 nitrogen and oxygen atoms in total. The number of nitrogens with one attached hydrogen (secondary N) is 1. The zero-order chi connectivity index (χ0) is 13.4. The summed E-state index contributed by atoms with van der Waals surface area (Å²) in [6, 6.07) is 4.19. The molecule has 1 aromatic rings. The molecule has 19 heavy (non-hydrogen) atoms. The maximum Gasteiger partial charge on any atom is 0.145 e. The summed E-state index contributed by atoms with van der Waals surface area (Å²) in [4.78, 5) is 0. The number of allylic oxidation sites excluding steroid dienone is 1. The Morgan fingerprint density at radius 2 is 2.00 bits per heavy atom. The number of halogens is 1. The third kappa shape index (κ3) is 2.16. The number of hydrogen-bond donors (Lipinski definition) is 1. The maximum absolute atomic E-state index is 6.18. The molecular formula is C15H18ClNO2. The first-order valence-electron chi connectivity index (χ1n) is 6.57. The van der Waals surface area contributed by atoms with Crippen LogP contribution in [-0.2, 0) is 0 Å². The molecular weight excluding hydrogens is 262 g/mol. The van der Waals surface area contributed by atoms with Crippen LogP contribution in [0.3, 0.4) is 0 Å². The maximum atomic E-state index is 6.18. The Bertz CT molecular complexity index is 515. The standard InChI is InChI=1S/C15H18ClNO2/c1-18-14-8-15(19-2)13(7-11(14)16)17-12-6-9-4-3-5-10(9)12/h3,5,7-10,12,17H,4,6H2,1-2H3. The SMILES string of the molecule is COc1cc(OC)c(NC2CC3CC=CC32)cc1Cl. The van der Waals surface area contributed by atoms with Crippen molar-refractivity contribution >= 4 is 17.3 Å². The summed E-state index contributed by atoms with van der Waals surface area (Å²) in [7, 11) is 3.26. The van der Waals surface area contributed by atoms with E-state index >= 15 is 0 Å². The molecule has 1 aromatic carbocycles. The summed E-state index contributed by atoms with van der Waals surface area (Å²) in [6.45, 7) is 0. The van der Waals surface area contributed by atoms with Crippen molar-refractivity contribution in [2.24, 2.45) is 11.8 Å². The van der Waals surface area contributed by atoms with E-state index in [2.05, 4.69) is 17.5 Å². The van der Waals surface area contributed by atoms with Crippen LogP contribution in [0.2, 0.25) is 5.02 Å². The summed E-state index contributed by atoms with van der Waals surface area (Å²) in [5.41, 5.74) is 0.942. The summed E-state index contributed by atoms with van der Waals surface area (Å²) >= 11 is 6.18. The van der Waals surface area contributed by atoms with Crippen LogP contribution in [0, 0.1) is 11.8 Å². The second kappa shape index (κ2) is 4.97. The Hall–Kier alpha value is -1.35. The van der Waals surface area contributed by atoms with E-state index < -0.39 is 0 Å². The quantitative estimate of drug-likeness (QED) is 0.852. The van der Waals surface area contributed by atoms with Gasteiger partial charge in [0, 0.05) is 18.0 Å². The second-order valence-electron chi connectivity index (χ2n) is 5.17. The number of methoxy groups -OCH3 is 2. The third-order valence-corrected chi connectivity index (χ3v) is 4.47. The molecule has 0 aliphatic heterocycles. The lowest BCUT2D eigenvalue weighted by Crippen LogP contribution is -2.43. The van der Waals surface area contributed by atoms with E-state index in [0.717, 1.165) is 17.4 Å². The molecule has 0 saturated heterocycles. The number of anilines is 1. The molecule has 0 spiro atoms. The molecule has 2 aliphatic carbocycles. The molecule has 3 atom stereocenters. The van der Waals surface area contributed by atoms with Crippen LogP contribution in [0.15, 0.2) is 24.3 Å². The Morgan fingerprint density at radius 1 is 1.21 bits per heavy atom. The Kier molecular flexibility index (Phi) is 3.31. The van der Waals surface area contributed by atoms with Crippen molar-refractivity contribution in [2.45, 2.75) is 18.9 Å². The van der Waals surface area contributed by atoms with Gasteiger partial charge in [-0.1, -0.05) is 23.8 Å². The molecule has 0 radical (unpaired) electrons. The lowest BCUT2D eigenvalue weighted by Gasteiger charge is -2.41. The van der Waals surface area contributed by atoms with Gasteiger partial charge in [0.15, 0.2) is 0 Å². The van der Waals surface area contributed by atoms with Crippen molar-refractivity contribution < 1.29 is 9.47 Å². The van der Waals surface area contributed by atoms with Crippen molar-refractivity contribution in [1.82, 2.24) is 0 Å². The lowest BCUT2D eigenvalue weighted by atomic mass is 9.71. The number of ether oxygens (including phenoxy) is 2. The summed E-state index contributed by atoms with van der Waals surface area (Å²) in [6.07, 6.45) is 7.05. The molecule has 102 valence electrons. The van der Waals surface area contributed by atoms with Crippen molar-refractivity contribution in [3.8, 4) is 11.5 Å². The first-order chi connectivity index (χ1) is 9.22. The molecule has 3 rings (SSSR count). The number of fused-ring (bicyclic) bond motifs is 1. The molecule has 3 unspecified atom stereocenters. The smallest absolute Gasteiger partial charge is 0.145 e. The van der Waals surface area contributed by atoms with Gasteiger partial charge in [0.1, 0.15) is 11.5 Å². The number of rotatable bonds is 4. The first-order valence-corrected chi connectivity index (χ1v) is 6.95. The summed E-state index contributed by atoms with van der Waals surface area (Å²) in [5.74, 6) is 2.89. The van der Waals surface area contributed by atoms with E-state index in [1.54, 1.807) is 14.2 Å². The molecule has 1 fully saturated rings. The average molecular weight is 280 g/mol. The minimum absolute atomic E-state index is 0.488. The zero-order valence-corrected chi connectivity index (χ0v) is 11.9. The Morgan fingerprint density at radius 3 is 2.68 bits per heavy atom. The van der Waals surface area contributed by atoms with Crippen LogP contribution < -0.4 is 14.8 Å². The van der Waals surface area contributed by atoms with Gasteiger partial charge in [-0.15, -0.1) is 0 Å². The Balaban J connectivity index is 1.80. The van der Waals surface area contributed by atoms with Crippen LogP contribution >= 0.6 is 11.6 Å². The molecule has 0 bridgehead atoms. The molecule has 1 N–H and O–H groups in total. The average Bonchev–Trinajstić information content (AvgIpc) is 2.77. The zero-order valence-electron chi connectivity index (χ0n) is 11.2. The van der Waals surface area contributed by atoms with Crippen LogP contribution in [0.1, 0.15) is 12.8 Å². The number of hydrogen-bond acceptors (Lipinski definition) is 3. The van der Waals surface area contributed by atoms with Crippen LogP contribution in [0.5, 0.6) is 11.5 Å². The van der Waals surface area contributed by atoms with Gasteiger partial charge in [-0.05, 0) is 24.8 Å². The van der Waals surface area contributed by atoms with Gasteiger partial charge in [-0.2, -0.15) is 0 Å². The van der Waals surface area contributed by atoms with E-state index in [4.69, 9.17) is 21.1 Å². The highest BCUT2D eigenvalue weighted by Crippen LogP contribution is 2.45. The van der Waals surface area contributed by atoms with Gasteiger partial charge >= 0.3 is 0 Å². The van der Waals surface area contributed by atoms with Crippen molar-refractivity contribution in [1.29, 1.82) is 0 Å². The minimum atomic E-state index is 0.488. The van der Waals surface area contributed by atoms with Crippen LogP contribution in [-0.4, -0.2) is 20.3 Å². The van der Waals surface area contributed by atoms with Crippen molar-refractivity contribution in [2.75, 3.05) is 19.5 Å². The van der Waals surface area contributed by atoms with E-state index in [1.807, 2.05) is 12.1 Å². The predicted molar refractivity (Wildman–Crippen MR) is 77.3 cm³/mol. The van der Waals surface area contributed by atoms with Gasteiger partial charge in [0.05, 0.1) is 24.9 Å².